The summed E-state index contributed by atoms with van der Waals surface area (Å²) in [5, 5.41) is 11.4. The van der Waals surface area contributed by atoms with E-state index in [9.17, 15) is 4.79 Å². The molecule has 0 saturated heterocycles. The first-order valence-electron chi connectivity index (χ1n) is 8.57. The van der Waals surface area contributed by atoms with Crippen molar-refractivity contribution >= 4 is 23.4 Å². The number of para-hydroxylation sites is 2. The molecule has 0 saturated carbocycles. The smallest absolute Gasteiger partial charge is 0.237 e. The molecular weight excluding hydrogens is 360 g/mol. The van der Waals surface area contributed by atoms with Gasteiger partial charge in [0, 0.05) is 0 Å². The summed E-state index contributed by atoms with van der Waals surface area (Å²) in [6, 6.07) is 13.5. The number of thioether (sulfide) groups is 1. The van der Waals surface area contributed by atoms with Crippen LogP contribution < -0.4 is 10.1 Å². The van der Waals surface area contributed by atoms with Crippen LogP contribution in [0.4, 0.5) is 5.69 Å². The van der Waals surface area contributed by atoms with Gasteiger partial charge in [-0.1, -0.05) is 41.6 Å². The monoisotopic (exact) mass is 382 g/mol. The van der Waals surface area contributed by atoms with Crippen LogP contribution in [0.15, 0.2) is 53.9 Å². The van der Waals surface area contributed by atoms with Crippen molar-refractivity contribution in [3.8, 4) is 11.4 Å². The summed E-state index contributed by atoms with van der Waals surface area (Å²) in [6.07, 6.45) is 1.67. The van der Waals surface area contributed by atoms with E-state index in [1.54, 1.807) is 13.4 Å². The van der Waals surface area contributed by atoms with E-state index < -0.39 is 0 Å². The van der Waals surface area contributed by atoms with Crippen LogP contribution in [0.3, 0.4) is 0 Å². The van der Waals surface area contributed by atoms with Crippen LogP contribution in [0.1, 0.15) is 18.1 Å². The molecule has 7 heteroatoms. The minimum atomic E-state index is -0.358. The molecule has 2 aromatic carbocycles. The number of methoxy groups -OCH3 is 1. The average Bonchev–Trinajstić information content (AvgIpc) is 3.10. The Morgan fingerprint density at radius 3 is 2.74 bits per heavy atom. The van der Waals surface area contributed by atoms with Gasteiger partial charge in [0.1, 0.15) is 12.1 Å². The molecule has 1 N–H and O–H groups in total. The highest BCUT2D eigenvalue weighted by Gasteiger charge is 2.20. The highest BCUT2D eigenvalue weighted by molar-refractivity contribution is 8.00. The van der Waals surface area contributed by atoms with Crippen LogP contribution in [0, 0.1) is 13.8 Å². The van der Waals surface area contributed by atoms with Crippen molar-refractivity contribution in [2.45, 2.75) is 31.2 Å². The topological polar surface area (TPSA) is 69.0 Å². The van der Waals surface area contributed by atoms with Gasteiger partial charge in [-0.2, -0.15) is 0 Å². The van der Waals surface area contributed by atoms with Crippen molar-refractivity contribution in [2.24, 2.45) is 0 Å². The second-order valence-corrected chi connectivity index (χ2v) is 7.53. The molecule has 0 aliphatic heterocycles. The molecule has 0 bridgehead atoms. The zero-order valence-electron chi connectivity index (χ0n) is 15.8. The lowest BCUT2D eigenvalue weighted by atomic mass is 10.1. The van der Waals surface area contributed by atoms with Crippen LogP contribution in [0.25, 0.3) is 5.69 Å². The van der Waals surface area contributed by atoms with Crippen LogP contribution in [0.2, 0.25) is 0 Å². The number of aryl methyl sites for hydroxylation is 2. The van der Waals surface area contributed by atoms with Gasteiger partial charge in [-0.25, -0.2) is 0 Å². The maximum atomic E-state index is 12.6. The number of nitrogens with zero attached hydrogens (tertiary/aromatic N) is 3. The second-order valence-electron chi connectivity index (χ2n) is 6.22. The fourth-order valence-electron chi connectivity index (χ4n) is 2.74. The van der Waals surface area contributed by atoms with Gasteiger partial charge < -0.3 is 10.1 Å². The molecule has 0 fully saturated rings. The summed E-state index contributed by atoms with van der Waals surface area (Å²) < 4.78 is 7.19. The number of hydrogen-bond donors (Lipinski definition) is 1. The van der Waals surface area contributed by atoms with Crippen molar-refractivity contribution in [1.82, 2.24) is 14.8 Å². The normalized spacial score (nSPS) is 11.9. The van der Waals surface area contributed by atoms with Gasteiger partial charge in [0.2, 0.25) is 5.91 Å². The molecule has 0 radical (unpaired) electrons. The number of carbonyl (C=O) groups is 1. The lowest BCUT2D eigenvalue weighted by Crippen LogP contribution is -2.23. The van der Waals surface area contributed by atoms with Crippen molar-refractivity contribution < 1.29 is 9.53 Å². The van der Waals surface area contributed by atoms with Gasteiger partial charge in [-0.3, -0.25) is 9.36 Å². The van der Waals surface area contributed by atoms with Gasteiger partial charge in [-0.15, -0.1) is 10.2 Å². The Balaban J connectivity index is 1.76. The third-order valence-electron chi connectivity index (χ3n) is 4.14. The number of carbonyl (C=O) groups excluding carboxylic acids is 1. The van der Waals surface area contributed by atoms with E-state index in [0.29, 0.717) is 16.6 Å². The number of anilines is 1. The quantitative estimate of drug-likeness (QED) is 0.652. The molecule has 3 rings (SSSR count). The molecule has 1 amide bonds. The molecule has 140 valence electrons. The molecule has 0 aliphatic rings. The summed E-state index contributed by atoms with van der Waals surface area (Å²) >= 11 is 1.36. The summed E-state index contributed by atoms with van der Waals surface area (Å²) in [5.74, 6) is 0.501. The molecule has 1 heterocycles. The highest BCUT2D eigenvalue weighted by Crippen LogP contribution is 2.28. The van der Waals surface area contributed by atoms with E-state index in [2.05, 4.69) is 41.5 Å². The van der Waals surface area contributed by atoms with E-state index in [0.717, 1.165) is 11.3 Å². The molecule has 0 spiro atoms. The largest absolute Gasteiger partial charge is 0.495 e. The van der Waals surface area contributed by atoms with E-state index in [-0.39, 0.29) is 11.2 Å². The Morgan fingerprint density at radius 1 is 1.22 bits per heavy atom. The zero-order chi connectivity index (χ0) is 19.4. The molecule has 6 nitrogen and oxygen atoms in total. The van der Waals surface area contributed by atoms with Crippen LogP contribution in [0.5, 0.6) is 5.75 Å². The fourth-order valence-corrected chi connectivity index (χ4v) is 3.58. The molecular formula is C20H22N4O2S. The predicted octanol–water partition coefficient (Wildman–Crippen LogP) is 4.01. The summed E-state index contributed by atoms with van der Waals surface area (Å²) in [5.41, 5.74) is 3.98. The second kappa shape index (κ2) is 8.26. The van der Waals surface area contributed by atoms with Gasteiger partial charge in [-0.05, 0) is 44.5 Å². The number of hydrogen-bond acceptors (Lipinski definition) is 5. The van der Waals surface area contributed by atoms with Crippen molar-refractivity contribution in [2.75, 3.05) is 12.4 Å². The van der Waals surface area contributed by atoms with Gasteiger partial charge in [0.05, 0.1) is 23.7 Å². The Morgan fingerprint density at radius 2 is 2.00 bits per heavy atom. The third kappa shape index (κ3) is 4.31. The van der Waals surface area contributed by atoms with Gasteiger partial charge >= 0.3 is 0 Å². The van der Waals surface area contributed by atoms with Gasteiger partial charge in [0.25, 0.3) is 0 Å². The van der Waals surface area contributed by atoms with E-state index in [1.165, 1.54) is 17.3 Å². The molecule has 3 aromatic rings. The lowest BCUT2D eigenvalue weighted by molar-refractivity contribution is -0.115. The Kier molecular flexibility index (Phi) is 5.81. The first kappa shape index (κ1) is 19.0. The maximum Gasteiger partial charge on any atom is 0.237 e. The van der Waals surface area contributed by atoms with Crippen LogP contribution in [-0.4, -0.2) is 33.0 Å². The van der Waals surface area contributed by atoms with Crippen molar-refractivity contribution in [3.63, 3.8) is 0 Å². The number of nitrogens with one attached hydrogen (secondary N) is 1. The minimum absolute atomic E-state index is 0.125. The standard InChI is InChI=1S/C20H22N4O2S/c1-13-9-10-17(14(2)11-13)24-12-21-23-20(24)27-15(3)19(25)22-16-7-5-6-8-18(16)26-4/h5-12,15H,1-4H3,(H,22,25). The maximum absolute atomic E-state index is 12.6. The fraction of sp³-hybridized carbons (Fsp3) is 0.250. The average molecular weight is 382 g/mol. The first-order valence-corrected chi connectivity index (χ1v) is 9.45. The summed E-state index contributed by atoms with van der Waals surface area (Å²) in [6.45, 7) is 5.95. The molecule has 1 aromatic heterocycles. The molecule has 1 unspecified atom stereocenters. The number of amides is 1. The third-order valence-corrected chi connectivity index (χ3v) is 5.20. The lowest BCUT2D eigenvalue weighted by Gasteiger charge is -2.15. The SMILES string of the molecule is COc1ccccc1NC(=O)C(C)Sc1nncn1-c1ccc(C)cc1C. The van der Waals surface area contributed by atoms with Gasteiger partial charge in [0.15, 0.2) is 5.16 Å². The number of ether oxygens (including phenoxy) is 1. The van der Waals surface area contributed by atoms with E-state index in [4.69, 9.17) is 4.74 Å². The van der Waals surface area contributed by atoms with Crippen LogP contribution >= 0.6 is 11.8 Å². The molecule has 1 atom stereocenters. The van der Waals surface area contributed by atoms with Crippen molar-refractivity contribution in [3.05, 3.63) is 59.9 Å². The summed E-state index contributed by atoms with van der Waals surface area (Å²) in [7, 11) is 1.58. The van der Waals surface area contributed by atoms with Crippen molar-refractivity contribution in [1.29, 1.82) is 0 Å². The minimum Gasteiger partial charge on any atom is -0.495 e. The van der Waals surface area contributed by atoms with E-state index >= 15 is 0 Å². The number of benzene rings is 2. The molecule has 0 aliphatic carbocycles. The predicted molar refractivity (Wildman–Crippen MR) is 108 cm³/mol. The molecule has 27 heavy (non-hydrogen) atoms. The zero-order valence-corrected chi connectivity index (χ0v) is 16.6. The van der Waals surface area contributed by atoms with Crippen LogP contribution in [-0.2, 0) is 4.79 Å². The Bertz CT molecular complexity index is 955. The Hall–Kier alpha value is -2.80. The first-order chi connectivity index (χ1) is 13.0. The summed E-state index contributed by atoms with van der Waals surface area (Å²) in [4.78, 5) is 12.6. The Labute approximate surface area is 163 Å². The van der Waals surface area contributed by atoms with E-state index in [1.807, 2.05) is 41.8 Å². The highest BCUT2D eigenvalue weighted by atomic mass is 32.2. The number of aromatic nitrogens is 3. The number of rotatable bonds is 6.